The summed E-state index contributed by atoms with van der Waals surface area (Å²) in [6.45, 7) is 0.829. The van der Waals surface area contributed by atoms with Crippen LogP contribution in [0.1, 0.15) is 17.3 Å². The maximum Gasteiger partial charge on any atom is 0.163 e. The molecule has 0 spiro atoms. The van der Waals surface area contributed by atoms with Gasteiger partial charge in [-0.15, -0.1) is 10.2 Å². The molecule has 1 aromatic carbocycles. The van der Waals surface area contributed by atoms with E-state index in [1.807, 2.05) is 37.5 Å². The highest BCUT2D eigenvalue weighted by atomic mass is 15.3. The molecule has 5 heterocycles. The van der Waals surface area contributed by atoms with Gasteiger partial charge in [0, 0.05) is 31.8 Å². The van der Waals surface area contributed by atoms with Crippen LogP contribution in [0.15, 0.2) is 73.1 Å². The van der Waals surface area contributed by atoms with Crippen molar-refractivity contribution >= 4 is 23.1 Å². The van der Waals surface area contributed by atoms with E-state index in [1.165, 1.54) is 5.56 Å². The molecule has 1 aliphatic heterocycles. The van der Waals surface area contributed by atoms with Gasteiger partial charge < -0.3 is 10.6 Å². The first kappa shape index (κ1) is 18.6. The normalized spacial score (nSPS) is 15.0. The molecule has 158 valence electrons. The van der Waals surface area contributed by atoms with Crippen molar-refractivity contribution in [3.63, 3.8) is 0 Å². The molecule has 2 N–H and O–H groups in total. The summed E-state index contributed by atoms with van der Waals surface area (Å²) in [7, 11) is 1.89. The topological polar surface area (TPSA) is 85.0 Å². The zero-order valence-electron chi connectivity index (χ0n) is 17.6. The first-order valence-electron chi connectivity index (χ1n) is 10.6. The van der Waals surface area contributed by atoms with Crippen molar-refractivity contribution in [1.82, 2.24) is 29.4 Å². The molecule has 5 aromatic rings. The summed E-state index contributed by atoms with van der Waals surface area (Å²) in [4.78, 5) is 4.45. The van der Waals surface area contributed by atoms with E-state index in [-0.39, 0.29) is 5.92 Å². The molecule has 1 unspecified atom stereocenters. The number of benzene rings is 1. The molecule has 4 aromatic heterocycles. The maximum atomic E-state index is 4.55. The van der Waals surface area contributed by atoms with Gasteiger partial charge in [0.15, 0.2) is 5.65 Å². The second-order valence-corrected chi connectivity index (χ2v) is 8.04. The van der Waals surface area contributed by atoms with Gasteiger partial charge in [-0.3, -0.25) is 9.08 Å². The molecule has 0 fully saturated rings. The van der Waals surface area contributed by atoms with Crippen LogP contribution in [0.5, 0.6) is 0 Å². The number of aryl methyl sites for hydroxylation is 1. The molecule has 0 saturated carbocycles. The van der Waals surface area contributed by atoms with Crippen LogP contribution in [-0.4, -0.2) is 35.9 Å². The molecule has 1 atom stereocenters. The summed E-state index contributed by atoms with van der Waals surface area (Å²) < 4.78 is 3.91. The zero-order chi connectivity index (χ0) is 21.5. The number of anilines is 3. The highest BCUT2D eigenvalue weighted by Crippen LogP contribution is 2.32. The van der Waals surface area contributed by atoms with Crippen LogP contribution in [0.3, 0.4) is 0 Å². The molecule has 0 saturated heterocycles. The van der Waals surface area contributed by atoms with Gasteiger partial charge in [0.05, 0.1) is 6.20 Å². The molecule has 0 amide bonds. The Morgan fingerprint density at radius 3 is 2.75 bits per heavy atom. The second kappa shape index (κ2) is 7.49. The Hall–Kier alpha value is -4.20. The minimum absolute atomic E-state index is 0.279. The molecular formula is C24H22N8. The van der Waals surface area contributed by atoms with Gasteiger partial charge in [-0.1, -0.05) is 30.3 Å². The van der Waals surface area contributed by atoms with Crippen LogP contribution < -0.4 is 10.6 Å². The van der Waals surface area contributed by atoms with E-state index in [0.717, 1.165) is 53.0 Å². The van der Waals surface area contributed by atoms with E-state index < -0.39 is 0 Å². The van der Waals surface area contributed by atoms with Crippen molar-refractivity contribution in [3.05, 3.63) is 84.4 Å². The molecule has 0 aliphatic carbocycles. The van der Waals surface area contributed by atoms with Crippen molar-refractivity contribution < 1.29 is 0 Å². The van der Waals surface area contributed by atoms with Crippen LogP contribution in [-0.2, 0) is 13.5 Å². The fourth-order valence-corrected chi connectivity index (χ4v) is 4.29. The first-order chi connectivity index (χ1) is 15.7. The molecule has 6 rings (SSSR count). The third-order valence-electron chi connectivity index (χ3n) is 5.92. The lowest BCUT2D eigenvalue weighted by Crippen LogP contribution is -2.24. The fraction of sp³-hybridized carbons (Fsp3) is 0.167. The lowest BCUT2D eigenvalue weighted by atomic mass is 9.97. The Labute approximate surface area is 185 Å². The Balaban J connectivity index is 1.33. The van der Waals surface area contributed by atoms with E-state index in [2.05, 4.69) is 71.7 Å². The number of hydrogen-bond donors (Lipinski definition) is 2. The molecule has 8 nitrogen and oxygen atoms in total. The molecular weight excluding hydrogens is 400 g/mol. The van der Waals surface area contributed by atoms with Crippen LogP contribution in [0.4, 0.5) is 17.5 Å². The quantitative estimate of drug-likeness (QED) is 0.445. The van der Waals surface area contributed by atoms with E-state index in [1.54, 1.807) is 10.9 Å². The van der Waals surface area contributed by atoms with E-state index in [0.29, 0.717) is 0 Å². The van der Waals surface area contributed by atoms with Gasteiger partial charge in [-0.2, -0.15) is 5.10 Å². The lowest BCUT2D eigenvalue weighted by Gasteiger charge is -2.24. The average Bonchev–Trinajstić information content (AvgIpc) is 3.44. The third-order valence-corrected chi connectivity index (χ3v) is 5.92. The monoisotopic (exact) mass is 422 g/mol. The van der Waals surface area contributed by atoms with Gasteiger partial charge >= 0.3 is 0 Å². The van der Waals surface area contributed by atoms with Crippen molar-refractivity contribution in [2.24, 2.45) is 7.05 Å². The summed E-state index contributed by atoms with van der Waals surface area (Å²) in [6.07, 6.45) is 4.50. The van der Waals surface area contributed by atoms with Crippen LogP contribution in [0, 0.1) is 0 Å². The van der Waals surface area contributed by atoms with E-state index >= 15 is 0 Å². The Kier molecular flexibility index (Phi) is 4.34. The molecule has 32 heavy (non-hydrogen) atoms. The van der Waals surface area contributed by atoms with Gasteiger partial charge in [0.2, 0.25) is 0 Å². The molecule has 0 bridgehead atoms. The number of aromatic nitrogens is 6. The number of rotatable bonds is 5. The summed E-state index contributed by atoms with van der Waals surface area (Å²) in [6, 6.07) is 20.7. The van der Waals surface area contributed by atoms with E-state index in [4.69, 9.17) is 0 Å². The van der Waals surface area contributed by atoms with Gasteiger partial charge in [0.1, 0.15) is 23.3 Å². The average molecular weight is 422 g/mol. The molecule has 0 radical (unpaired) electrons. The van der Waals surface area contributed by atoms with Crippen molar-refractivity contribution in [3.8, 4) is 11.1 Å². The second-order valence-electron chi connectivity index (χ2n) is 8.04. The van der Waals surface area contributed by atoms with E-state index in [9.17, 15) is 0 Å². The number of nitrogens with one attached hydrogen (secondary N) is 2. The fourth-order valence-electron chi connectivity index (χ4n) is 4.29. The van der Waals surface area contributed by atoms with Crippen LogP contribution in [0.25, 0.3) is 16.8 Å². The molecule has 8 heteroatoms. The third kappa shape index (κ3) is 3.26. The van der Waals surface area contributed by atoms with Crippen molar-refractivity contribution in [2.75, 3.05) is 17.2 Å². The summed E-state index contributed by atoms with van der Waals surface area (Å²) >= 11 is 0. The van der Waals surface area contributed by atoms with Crippen LogP contribution in [0.2, 0.25) is 0 Å². The Bertz CT molecular complexity index is 1400. The summed E-state index contributed by atoms with van der Waals surface area (Å²) in [5.74, 6) is 3.95. The zero-order valence-corrected chi connectivity index (χ0v) is 17.6. The highest BCUT2D eigenvalue weighted by molar-refractivity contribution is 5.74. The largest absolute Gasteiger partial charge is 0.370 e. The van der Waals surface area contributed by atoms with Gasteiger partial charge in [0.25, 0.3) is 0 Å². The minimum atomic E-state index is 0.279. The van der Waals surface area contributed by atoms with Crippen molar-refractivity contribution in [1.29, 1.82) is 0 Å². The van der Waals surface area contributed by atoms with Crippen molar-refractivity contribution in [2.45, 2.75) is 12.3 Å². The standard InChI is InChI=1S/C24H22N8/c1-31-21(8-10-27-31)28-20-12-17(7-9-25-20)18-13-22-26-15-19(11-16-5-3-2-4-6-16)24-30-29-23(14-18)32(22)24/h2-10,12-14,19,26H,11,15H2,1H3,(H,25,28). The smallest absolute Gasteiger partial charge is 0.163 e. The highest BCUT2D eigenvalue weighted by Gasteiger charge is 2.25. The van der Waals surface area contributed by atoms with Gasteiger partial charge in [-0.25, -0.2) is 4.98 Å². The maximum absolute atomic E-state index is 4.55. The predicted octanol–water partition coefficient (Wildman–Crippen LogP) is 4.02. The number of pyridine rings is 2. The number of hydrogen-bond acceptors (Lipinski definition) is 6. The first-order valence-corrected chi connectivity index (χ1v) is 10.6. The molecule has 1 aliphatic rings. The Morgan fingerprint density at radius 2 is 1.91 bits per heavy atom. The van der Waals surface area contributed by atoms with Crippen LogP contribution >= 0.6 is 0 Å². The summed E-state index contributed by atoms with van der Waals surface area (Å²) in [5.41, 5.74) is 4.27. The predicted molar refractivity (Wildman–Crippen MR) is 124 cm³/mol. The lowest BCUT2D eigenvalue weighted by molar-refractivity contribution is 0.635. The minimum Gasteiger partial charge on any atom is -0.370 e. The Morgan fingerprint density at radius 1 is 1.00 bits per heavy atom. The summed E-state index contributed by atoms with van der Waals surface area (Å²) in [5, 5.41) is 20.1. The van der Waals surface area contributed by atoms with Gasteiger partial charge in [-0.05, 0) is 47.4 Å². The number of nitrogens with zero attached hydrogens (tertiary/aromatic N) is 6. The SMILES string of the molecule is Cn1nccc1Nc1cc(-c2cc3n4c(nnc4c2)C(Cc2ccccc2)CN3)ccn1.